The van der Waals surface area contributed by atoms with Crippen LogP contribution in [0.5, 0.6) is 5.75 Å². The SMILES string of the molecule is COc1ccc(CNS(=O)(=O)c2cc(S(=O)(=O)[C@@H]3CCS(=O)(=O)C3)ccc2C)cc1. The zero-order chi connectivity index (χ0) is 22.2. The van der Waals surface area contributed by atoms with Gasteiger partial charge in [-0.3, -0.25) is 0 Å². The predicted octanol–water partition coefficient (Wildman–Crippen LogP) is 1.44. The molecule has 0 spiro atoms. The third-order valence-electron chi connectivity index (χ3n) is 5.03. The van der Waals surface area contributed by atoms with Crippen LogP contribution in [0, 0.1) is 6.92 Å². The third-order valence-corrected chi connectivity index (χ3v) is 10.7. The van der Waals surface area contributed by atoms with Gasteiger partial charge in [0.1, 0.15) is 5.75 Å². The van der Waals surface area contributed by atoms with E-state index in [-0.39, 0.29) is 28.5 Å². The Kier molecular flexibility index (Phi) is 6.28. The van der Waals surface area contributed by atoms with Gasteiger partial charge in [0.25, 0.3) is 0 Å². The van der Waals surface area contributed by atoms with Crippen molar-refractivity contribution in [2.45, 2.75) is 34.9 Å². The minimum Gasteiger partial charge on any atom is -0.497 e. The van der Waals surface area contributed by atoms with Crippen molar-refractivity contribution in [2.75, 3.05) is 18.6 Å². The van der Waals surface area contributed by atoms with E-state index in [1.165, 1.54) is 19.2 Å². The van der Waals surface area contributed by atoms with Gasteiger partial charge in [0.15, 0.2) is 19.7 Å². The molecule has 0 amide bonds. The first-order valence-electron chi connectivity index (χ1n) is 9.12. The summed E-state index contributed by atoms with van der Waals surface area (Å²) in [6.07, 6.45) is 0.0103. The van der Waals surface area contributed by atoms with Crippen LogP contribution in [0.2, 0.25) is 0 Å². The Balaban J connectivity index is 1.86. The van der Waals surface area contributed by atoms with E-state index in [1.807, 2.05) is 0 Å². The van der Waals surface area contributed by atoms with Crippen molar-refractivity contribution in [2.24, 2.45) is 0 Å². The molecule has 1 heterocycles. The highest BCUT2D eigenvalue weighted by Gasteiger charge is 2.38. The largest absolute Gasteiger partial charge is 0.497 e. The van der Waals surface area contributed by atoms with Gasteiger partial charge in [0.05, 0.1) is 33.7 Å². The van der Waals surface area contributed by atoms with Gasteiger partial charge in [-0.25, -0.2) is 30.0 Å². The molecule has 164 valence electrons. The van der Waals surface area contributed by atoms with E-state index < -0.39 is 40.7 Å². The molecule has 0 saturated carbocycles. The quantitative estimate of drug-likeness (QED) is 0.645. The van der Waals surface area contributed by atoms with E-state index >= 15 is 0 Å². The molecule has 2 aromatic rings. The van der Waals surface area contributed by atoms with Crippen molar-refractivity contribution < 1.29 is 30.0 Å². The molecule has 1 saturated heterocycles. The topological polar surface area (TPSA) is 124 Å². The molecule has 1 aliphatic rings. The molecule has 3 rings (SSSR count). The van der Waals surface area contributed by atoms with Gasteiger partial charge in [0.2, 0.25) is 10.0 Å². The van der Waals surface area contributed by atoms with Gasteiger partial charge in [-0.1, -0.05) is 18.2 Å². The molecule has 0 unspecified atom stereocenters. The molecule has 0 radical (unpaired) electrons. The molecule has 11 heteroatoms. The van der Waals surface area contributed by atoms with Crippen LogP contribution in [-0.2, 0) is 36.2 Å². The lowest BCUT2D eigenvalue weighted by Crippen LogP contribution is -2.26. The molecular formula is C19H23NO7S3. The minimum atomic E-state index is -4.00. The van der Waals surface area contributed by atoms with Crippen LogP contribution in [-0.4, -0.2) is 49.1 Å². The number of benzene rings is 2. The molecule has 0 aliphatic carbocycles. The molecule has 30 heavy (non-hydrogen) atoms. The first kappa shape index (κ1) is 22.7. The molecule has 0 aromatic heterocycles. The van der Waals surface area contributed by atoms with Crippen molar-refractivity contribution in [3.05, 3.63) is 53.6 Å². The first-order valence-corrected chi connectivity index (χ1v) is 14.0. The van der Waals surface area contributed by atoms with Crippen molar-refractivity contribution >= 4 is 29.7 Å². The van der Waals surface area contributed by atoms with Crippen LogP contribution in [0.15, 0.2) is 52.3 Å². The molecule has 2 aromatic carbocycles. The van der Waals surface area contributed by atoms with Crippen molar-refractivity contribution in [1.82, 2.24) is 4.72 Å². The smallest absolute Gasteiger partial charge is 0.241 e. The highest BCUT2D eigenvalue weighted by atomic mass is 32.2. The summed E-state index contributed by atoms with van der Waals surface area (Å²) in [7, 11) is -9.83. The maximum atomic E-state index is 12.9. The second kappa shape index (κ2) is 8.29. The summed E-state index contributed by atoms with van der Waals surface area (Å²) in [6, 6.07) is 10.7. The molecule has 0 bridgehead atoms. The van der Waals surface area contributed by atoms with Crippen molar-refractivity contribution in [3.8, 4) is 5.75 Å². The fourth-order valence-electron chi connectivity index (χ4n) is 3.24. The minimum absolute atomic E-state index is 0.0103. The second-order valence-electron chi connectivity index (χ2n) is 7.17. The van der Waals surface area contributed by atoms with E-state index in [1.54, 1.807) is 31.2 Å². The Bertz CT molecular complexity index is 1250. The van der Waals surface area contributed by atoms with Gasteiger partial charge in [-0.15, -0.1) is 0 Å². The van der Waals surface area contributed by atoms with Crippen LogP contribution < -0.4 is 9.46 Å². The first-order chi connectivity index (χ1) is 13.9. The lowest BCUT2D eigenvalue weighted by atomic mass is 10.2. The molecule has 1 atom stereocenters. The zero-order valence-electron chi connectivity index (χ0n) is 16.5. The zero-order valence-corrected chi connectivity index (χ0v) is 19.0. The summed E-state index contributed by atoms with van der Waals surface area (Å²) in [5.74, 6) is 0.0162. The summed E-state index contributed by atoms with van der Waals surface area (Å²) >= 11 is 0. The average molecular weight is 474 g/mol. The van der Waals surface area contributed by atoms with Gasteiger partial charge >= 0.3 is 0 Å². The number of rotatable bonds is 7. The van der Waals surface area contributed by atoms with Crippen LogP contribution >= 0.6 is 0 Å². The molecule has 1 fully saturated rings. The monoisotopic (exact) mass is 473 g/mol. The average Bonchev–Trinajstić information content (AvgIpc) is 3.07. The van der Waals surface area contributed by atoms with Gasteiger partial charge in [-0.05, 0) is 48.7 Å². The van der Waals surface area contributed by atoms with Crippen molar-refractivity contribution in [1.29, 1.82) is 0 Å². The standard InChI is InChI=1S/C19H23NO7S3/c1-14-3-8-17(29(23,24)18-9-10-28(21,22)13-18)11-19(14)30(25,26)20-12-15-4-6-16(27-2)7-5-15/h3-8,11,18,20H,9-10,12-13H2,1-2H3/t18-/m1/s1. The highest BCUT2D eigenvalue weighted by molar-refractivity contribution is 7.96. The number of sulfone groups is 2. The molecule has 1 N–H and O–H groups in total. The summed E-state index contributed by atoms with van der Waals surface area (Å²) in [4.78, 5) is -0.349. The van der Waals surface area contributed by atoms with Crippen LogP contribution in [0.25, 0.3) is 0 Å². The van der Waals surface area contributed by atoms with Gasteiger partial charge in [-0.2, -0.15) is 0 Å². The van der Waals surface area contributed by atoms with Crippen LogP contribution in [0.4, 0.5) is 0 Å². The summed E-state index contributed by atoms with van der Waals surface area (Å²) in [6.45, 7) is 1.59. The van der Waals surface area contributed by atoms with Crippen LogP contribution in [0.3, 0.4) is 0 Å². The Labute approximate surface area is 177 Å². The number of hydrogen-bond donors (Lipinski definition) is 1. The van der Waals surface area contributed by atoms with Gasteiger partial charge in [0, 0.05) is 6.54 Å². The predicted molar refractivity (Wildman–Crippen MR) is 112 cm³/mol. The van der Waals surface area contributed by atoms with Crippen molar-refractivity contribution in [3.63, 3.8) is 0 Å². The number of methoxy groups -OCH3 is 1. The maximum Gasteiger partial charge on any atom is 0.241 e. The van der Waals surface area contributed by atoms with E-state index in [0.29, 0.717) is 16.9 Å². The number of hydrogen-bond acceptors (Lipinski definition) is 7. The number of ether oxygens (including phenoxy) is 1. The Morgan fingerprint density at radius 3 is 2.30 bits per heavy atom. The lowest BCUT2D eigenvalue weighted by molar-refractivity contribution is 0.414. The normalized spacial score (nSPS) is 18.9. The van der Waals surface area contributed by atoms with Gasteiger partial charge < -0.3 is 4.74 Å². The Hall–Kier alpha value is -1.95. The molecular weight excluding hydrogens is 450 g/mol. The van der Waals surface area contributed by atoms with E-state index in [9.17, 15) is 25.3 Å². The molecule has 1 aliphatic heterocycles. The van der Waals surface area contributed by atoms with Crippen LogP contribution in [0.1, 0.15) is 17.5 Å². The number of aryl methyl sites for hydroxylation is 1. The summed E-state index contributed by atoms with van der Waals surface area (Å²) in [5.41, 5.74) is 1.09. The summed E-state index contributed by atoms with van der Waals surface area (Å²) < 4.78 is 82.3. The van der Waals surface area contributed by atoms with E-state index in [4.69, 9.17) is 4.74 Å². The fourth-order valence-corrected chi connectivity index (χ4v) is 8.99. The molecule has 8 nitrogen and oxygen atoms in total. The lowest BCUT2D eigenvalue weighted by Gasteiger charge is -2.14. The fraction of sp³-hybridized carbons (Fsp3) is 0.368. The van der Waals surface area contributed by atoms with E-state index in [0.717, 1.165) is 6.07 Å². The number of sulfonamides is 1. The number of nitrogens with one attached hydrogen (secondary N) is 1. The third kappa shape index (κ3) is 4.85. The highest BCUT2D eigenvalue weighted by Crippen LogP contribution is 2.28. The maximum absolute atomic E-state index is 12.9. The Morgan fingerprint density at radius 2 is 1.73 bits per heavy atom. The summed E-state index contributed by atoms with van der Waals surface area (Å²) in [5, 5.41) is -1.06. The second-order valence-corrected chi connectivity index (χ2v) is 13.4. The van der Waals surface area contributed by atoms with E-state index in [2.05, 4.69) is 4.72 Å². The Morgan fingerprint density at radius 1 is 1.07 bits per heavy atom.